The van der Waals surface area contributed by atoms with Gasteiger partial charge >= 0.3 is 0 Å². The fraction of sp³-hybridized carbons (Fsp3) is 0.280. The number of aryl methyl sites for hydroxylation is 1. The van der Waals surface area contributed by atoms with Crippen molar-refractivity contribution < 1.29 is 13.9 Å². The average Bonchev–Trinajstić information content (AvgIpc) is 3.43. The zero-order valence-electron chi connectivity index (χ0n) is 18.4. The lowest BCUT2D eigenvalue weighted by Crippen LogP contribution is -2.29. The monoisotopic (exact) mass is 461 g/mol. The number of fused-ring (bicyclic) bond motifs is 2. The lowest BCUT2D eigenvalue weighted by atomic mass is 9.98. The van der Waals surface area contributed by atoms with Gasteiger partial charge in [-0.15, -0.1) is 10.2 Å². The SMILES string of the molecule is CCCCOc1ccc(C2c3c(oc4ccccc4c3=O)C(=O)N2c2nnc(CC)s2)cc1. The molecule has 7 nitrogen and oxygen atoms in total. The molecule has 8 heteroatoms. The molecule has 1 amide bonds. The van der Waals surface area contributed by atoms with Crippen LogP contribution in [-0.4, -0.2) is 22.7 Å². The van der Waals surface area contributed by atoms with E-state index in [1.165, 1.54) is 16.2 Å². The van der Waals surface area contributed by atoms with Crippen LogP contribution in [0.25, 0.3) is 11.0 Å². The minimum atomic E-state index is -0.657. The second kappa shape index (κ2) is 8.78. The van der Waals surface area contributed by atoms with Crippen molar-refractivity contribution in [2.75, 3.05) is 11.5 Å². The fourth-order valence-electron chi connectivity index (χ4n) is 4.00. The molecule has 1 atom stereocenters. The molecule has 2 aromatic heterocycles. The molecule has 1 unspecified atom stereocenters. The van der Waals surface area contributed by atoms with Gasteiger partial charge < -0.3 is 9.15 Å². The molecule has 0 fully saturated rings. The molecule has 3 heterocycles. The third-order valence-electron chi connectivity index (χ3n) is 5.70. The van der Waals surface area contributed by atoms with Gasteiger partial charge in [-0.25, -0.2) is 0 Å². The summed E-state index contributed by atoms with van der Waals surface area (Å²) in [6.45, 7) is 4.74. The number of para-hydroxylation sites is 1. The molecule has 0 N–H and O–H groups in total. The lowest BCUT2D eigenvalue weighted by Gasteiger charge is -2.22. The highest BCUT2D eigenvalue weighted by atomic mass is 32.1. The standard InChI is InChI=1S/C25H23N3O4S/c1-3-5-14-31-16-12-10-15(11-13-16)21-20-22(29)17-8-6-7-9-18(17)32-23(20)24(30)28(21)25-27-26-19(4-2)33-25/h6-13,21H,3-5,14H2,1-2H3. The Hall–Kier alpha value is -3.52. The zero-order chi connectivity index (χ0) is 22.9. The molecule has 0 bridgehead atoms. The molecule has 168 valence electrons. The van der Waals surface area contributed by atoms with Gasteiger partial charge in [0.05, 0.1) is 23.6 Å². The third kappa shape index (κ3) is 3.70. The van der Waals surface area contributed by atoms with Crippen LogP contribution in [0.15, 0.2) is 57.7 Å². The van der Waals surface area contributed by atoms with Crippen LogP contribution in [0.2, 0.25) is 0 Å². The summed E-state index contributed by atoms with van der Waals surface area (Å²) in [7, 11) is 0. The molecule has 4 aromatic rings. The van der Waals surface area contributed by atoms with Crippen molar-refractivity contribution >= 4 is 33.3 Å². The minimum absolute atomic E-state index is 0.0558. The Morgan fingerprint density at radius 3 is 2.58 bits per heavy atom. The normalized spacial score (nSPS) is 15.3. The van der Waals surface area contributed by atoms with E-state index in [0.717, 1.165) is 29.2 Å². The number of benzene rings is 2. The average molecular weight is 462 g/mol. The number of carbonyl (C=O) groups excluding carboxylic acids is 1. The Morgan fingerprint density at radius 1 is 1.06 bits per heavy atom. The summed E-state index contributed by atoms with van der Waals surface area (Å²) in [5.74, 6) is 0.415. The molecule has 0 radical (unpaired) electrons. The number of aromatic nitrogens is 2. The molecule has 33 heavy (non-hydrogen) atoms. The number of anilines is 1. The summed E-state index contributed by atoms with van der Waals surface area (Å²) in [5, 5.41) is 10.1. The Labute approximate surface area is 194 Å². The smallest absolute Gasteiger partial charge is 0.297 e. The maximum absolute atomic E-state index is 13.5. The highest BCUT2D eigenvalue weighted by Crippen LogP contribution is 2.42. The van der Waals surface area contributed by atoms with Crippen LogP contribution < -0.4 is 15.1 Å². The topological polar surface area (TPSA) is 85.5 Å². The Bertz CT molecular complexity index is 1380. The maximum atomic E-state index is 13.5. The summed E-state index contributed by atoms with van der Waals surface area (Å²) in [6.07, 6.45) is 2.74. The van der Waals surface area contributed by atoms with E-state index in [1.807, 2.05) is 31.2 Å². The second-order valence-electron chi connectivity index (χ2n) is 7.85. The van der Waals surface area contributed by atoms with Gasteiger partial charge in [0.25, 0.3) is 5.91 Å². The van der Waals surface area contributed by atoms with Crippen LogP contribution in [0, 0.1) is 0 Å². The molecular formula is C25H23N3O4S. The first kappa shape index (κ1) is 21.3. The van der Waals surface area contributed by atoms with Crippen molar-refractivity contribution in [1.29, 1.82) is 0 Å². The molecule has 0 saturated heterocycles. The van der Waals surface area contributed by atoms with E-state index in [9.17, 15) is 9.59 Å². The van der Waals surface area contributed by atoms with Gasteiger partial charge in [0.2, 0.25) is 10.9 Å². The van der Waals surface area contributed by atoms with Gasteiger partial charge in [0.15, 0.2) is 5.43 Å². The first-order valence-corrected chi connectivity index (χ1v) is 11.9. The first-order valence-electron chi connectivity index (χ1n) is 11.1. The van der Waals surface area contributed by atoms with E-state index in [0.29, 0.717) is 34.7 Å². The van der Waals surface area contributed by atoms with E-state index in [4.69, 9.17) is 9.15 Å². The van der Waals surface area contributed by atoms with Crippen LogP contribution in [0.5, 0.6) is 5.75 Å². The number of rotatable bonds is 7. The van der Waals surface area contributed by atoms with E-state index < -0.39 is 6.04 Å². The molecule has 2 aromatic carbocycles. The Balaban J connectivity index is 1.65. The molecule has 5 rings (SSSR count). The predicted molar refractivity (Wildman–Crippen MR) is 127 cm³/mol. The van der Waals surface area contributed by atoms with E-state index >= 15 is 0 Å². The second-order valence-corrected chi connectivity index (χ2v) is 8.89. The van der Waals surface area contributed by atoms with Crippen molar-refractivity contribution in [3.8, 4) is 5.75 Å². The molecular weight excluding hydrogens is 438 g/mol. The summed E-state index contributed by atoms with van der Waals surface area (Å²) >= 11 is 1.34. The highest BCUT2D eigenvalue weighted by Gasteiger charge is 2.45. The number of nitrogens with zero attached hydrogens (tertiary/aromatic N) is 3. The number of hydrogen-bond acceptors (Lipinski definition) is 7. The quantitative estimate of drug-likeness (QED) is 0.355. The minimum Gasteiger partial charge on any atom is -0.494 e. The molecule has 1 aliphatic rings. The molecule has 0 spiro atoms. The largest absolute Gasteiger partial charge is 0.494 e. The van der Waals surface area contributed by atoms with Crippen molar-refractivity contribution in [2.24, 2.45) is 0 Å². The number of ether oxygens (including phenoxy) is 1. The Morgan fingerprint density at radius 2 is 1.85 bits per heavy atom. The van der Waals surface area contributed by atoms with Crippen molar-refractivity contribution in [3.05, 3.63) is 80.6 Å². The summed E-state index contributed by atoms with van der Waals surface area (Å²) < 4.78 is 11.7. The number of amides is 1. The number of unbranched alkanes of at least 4 members (excludes halogenated alkanes) is 1. The van der Waals surface area contributed by atoms with Crippen LogP contribution in [0.3, 0.4) is 0 Å². The van der Waals surface area contributed by atoms with Gasteiger partial charge in [-0.2, -0.15) is 0 Å². The van der Waals surface area contributed by atoms with E-state index in [-0.39, 0.29) is 17.1 Å². The summed E-state index contributed by atoms with van der Waals surface area (Å²) in [4.78, 5) is 28.6. The van der Waals surface area contributed by atoms with E-state index in [1.54, 1.807) is 24.3 Å². The lowest BCUT2D eigenvalue weighted by molar-refractivity contribution is 0.0970. The molecule has 0 saturated carbocycles. The van der Waals surface area contributed by atoms with Crippen LogP contribution in [-0.2, 0) is 6.42 Å². The van der Waals surface area contributed by atoms with Gasteiger partial charge in [-0.05, 0) is 42.7 Å². The highest BCUT2D eigenvalue weighted by molar-refractivity contribution is 7.15. The third-order valence-corrected chi connectivity index (χ3v) is 6.77. The summed E-state index contributed by atoms with van der Waals surface area (Å²) in [6, 6.07) is 13.8. The van der Waals surface area contributed by atoms with E-state index in [2.05, 4.69) is 17.1 Å². The first-order chi connectivity index (χ1) is 16.1. The van der Waals surface area contributed by atoms with Crippen molar-refractivity contribution in [1.82, 2.24) is 10.2 Å². The predicted octanol–water partition coefficient (Wildman–Crippen LogP) is 5.14. The van der Waals surface area contributed by atoms with Gasteiger partial charge in [-0.3, -0.25) is 14.5 Å². The molecule has 0 aliphatic carbocycles. The van der Waals surface area contributed by atoms with Crippen LogP contribution in [0.1, 0.15) is 59.4 Å². The van der Waals surface area contributed by atoms with Crippen LogP contribution >= 0.6 is 11.3 Å². The van der Waals surface area contributed by atoms with Gasteiger partial charge in [-0.1, -0.05) is 55.9 Å². The van der Waals surface area contributed by atoms with Gasteiger partial charge in [0, 0.05) is 0 Å². The Kier molecular flexibility index (Phi) is 5.68. The fourth-order valence-corrected chi connectivity index (χ4v) is 4.80. The van der Waals surface area contributed by atoms with Gasteiger partial charge in [0.1, 0.15) is 16.3 Å². The van der Waals surface area contributed by atoms with Crippen molar-refractivity contribution in [2.45, 2.75) is 39.2 Å². The van der Waals surface area contributed by atoms with Crippen molar-refractivity contribution in [3.63, 3.8) is 0 Å². The van der Waals surface area contributed by atoms with Crippen LogP contribution in [0.4, 0.5) is 5.13 Å². The maximum Gasteiger partial charge on any atom is 0.297 e. The zero-order valence-corrected chi connectivity index (χ0v) is 19.2. The summed E-state index contributed by atoms with van der Waals surface area (Å²) in [5.41, 5.74) is 1.28. The number of hydrogen-bond donors (Lipinski definition) is 0. The molecule has 1 aliphatic heterocycles. The number of carbonyl (C=O) groups is 1.